The molecule has 0 unspecified atom stereocenters. The minimum absolute atomic E-state index is 0.0210. The van der Waals surface area contributed by atoms with Crippen LogP contribution in [0.15, 0.2) is 48.9 Å². The molecule has 0 atom stereocenters. The van der Waals surface area contributed by atoms with Gasteiger partial charge in [0, 0.05) is 36.1 Å². The molecule has 0 radical (unpaired) electrons. The topological polar surface area (TPSA) is 54.9 Å². The lowest BCUT2D eigenvalue weighted by molar-refractivity contribution is 0.0965. The van der Waals surface area contributed by atoms with Gasteiger partial charge < -0.3 is 5.32 Å². The van der Waals surface area contributed by atoms with Crippen molar-refractivity contribution in [3.8, 4) is 0 Å². The van der Waals surface area contributed by atoms with Crippen LogP contribution in [-0.2, 0) is 13.0 Å². The van der Waals surface area contributed by atoms with Crippen LogP contribution >= 0.6 is 0 Å². The van der Waals surface area contributed by atoms with Crippen LogP contribution in [0.2, 0.25) is 0 Å². The molecule has 1 aliphatic rings. The fourth-order valence-corrected chi connectivity index (χ4v) is 2.72. The zero-order chi connectivity index (χ0) is 14.2. The van der Waals surface area contributed by atoms with Crippen molar-refractivity contribution in [1.29, 1.82) is 0 Å². The number of fused-ring (bicyclic) bond motifs is 2. The number of carbonyl (C=O) groups is 1. The van der Waals surface area contributed by atoms with Crippen LogP contribution in [0.3, 0.4) is 0 Å². The van der Waals surface area contributed by atoms with Crippen molar-refractivity contribution < 1.29 is 4.79 Å². The molecule has 3 heterocycles. The van der Waals surface area contributed by atoms with Gasteiger partial charge in [-0.3, -0.25) is 14.8 Å². The molecule has 3 aromatic rings. The van der Waals surface area contributed by atoms with Crippen molar-refractivity contribution in [2.45, 2.75) is 13.0 Å². The van der Waals surface area contributed by atoms with Crippen LogP contribution in [0, 0.1) is 0 Å². The first-order valence-electron chi connectivity index (χ1n) is 6.88. The molecule has 4 heteroatoms. The van der Waals surface area contributed by atoms with Gasteiger partial charge in [0.2, 0.25) is 0 Å². The van der Waals surface area contributed by atoms with Gasteiger partial charge in [-0.2, -0.15) is 0 Å². The maximum Gasteiger partial charge on any atom is 0.251 e. The number of nitrogens with one attached hydrogen (secondary N) is 1. The average Bonchev–Trinajstić information content (AvgIpc) is 2.88. The van der Waals surface area contributed by atoms with Gasteiger partial charge in [0.15, 0.2) is 0 Å². The predicted octanol–water partition coefficient (Wildman–Crippen LogP) is 2.46. The standard InChI is InChI=1S/C17H13N3O/c21-17-15-7-11(1-2-13(15)10-20-17)5-12-6-14-9-18-4-3-16(14)19-8-12/h1-4,6-9H,5,10H2,(H,20,21). The molecule has 4 rings (SSSR count). The first kappa shape index (κ1) is 12.0. The van der Waals surface area contributed by atoms with Crippen molar-refractivity contribution in [3.05, 3.63) is 71.2 Å². The van der Waals surface area contributed by atoms with E-state index in [-0.39, 0.29) is 5.91 Å². The SMILES string of the molecule is O=C1NCc2ccc(Cc3cnc4ccncc4c3)cc21. The van der Waals surface area contributed by atoms with Gasteiger partial charge >= 0.3 is 0 Å². The summed E-state index contributed by atoms with van der Waals surface area (Å²) in [6.45, 7) is 0.637. The first-order chi connectivity index (χ1) is 10.3. The Bertz CT molecular complexity index is 858. The van der Waals surface area contributed by atoms with E-state index in [4.69, 9.17) is 0 Å². The van der Waals surface area contributed by atoms with E-state index < -0.39 is 0 Å². The van der Waals surface area contributed by atoms with E-state index in [1.807, 2.05) is 30.6 Å². The van der Waals surface area contributed by atoms with Crippen LogP contribution in [0.25, 0.3) is 10.9 Å². The second-order valence-electron chi connectivity index (χ2n) is 5.26. The van der Waals surface area contributed by atoms with E-state index >= 15 is 0 Å². The summed E-state index contributed by atoms with van der Waals surface area (Å²) in [6, 6.07) is 10.1. The van der Waals surface area contributed by atoms with Crippen LogP contribution in [0.4, 0.5) is 0 Å². The normalized spacial score (nSPS) is 13.2. The molecule has 102 valence electrons. The molecule has 1 aliphatic heterocycles. The molecule has 4 nitrogen and oxygen atoms in total. The third-order valence-electron chi connectivity index (χ3n) is 3.80. The predicted molar refractivity (Wildman–Crippen MR) is 80.0 cm³/mol. The second kappa shape index (κ2) is 4.66. The second-order valence-corrected chi connectivity index (χ2v) is 5.26. The summed E-state index contributed by atoms with van der Waals surface area (Å²) >= 11 is 0. The van der Waals surface area contributed by atoms with Gasteiger partial charge in [0.25, 0.3) is 5.91 Å². The molecule has 0 fully saturated rings. The van der Waals surface area contributed by atoms with Crippen LogP contribution in [0.5, 0.6) is 0 Å². The summed E-state index contributed by atoms with van der Waals surface area (Å²) in [4.78, 5) is 20.3. The third-order valence-corrected chi connectivity index (χ3v) is 3.80. The lowest BCUT2D eigenvalue weighted by atomic mass is 10.0. The highest BCUT2D eigenvalue weighted by Crippen LogP contribution is 2.20. The van der Waals surface area contributed by atoms with Gasteiger partial charge in [0.05, 0.1) is 5.52 Å². The molecule has 1 N–H and O–H groups in total. The largest absolute Gasteiger partial charge is 0.348 e. The highest BCUT2D eigenvalue weighted by atomic mass is 16.1. The van der Waals surface area contributed by atoms with Crippen molar-refractivity contribution >= 4 is 16.8 Å². The molecule has 21 heavy (non-hydrogen) atoms. The van der Waals surface area contributed by atoms with Crippen molar-refractivity contribution in [3.63, 3.8) is 0 Å². The van der Waals surface area contributed by atoms with Crippen molar-refractivity contribution in [2.24, 2.45) is 0 Å². The Hall–Kier alpha value is -2.75. The Morgan fingerprint density at radius 3 is 3.00 bits per heavy atom. The van der Waals surface area contributed by atoms with E-state index in [0.29, 0.717) is 6.54 Å². The quantitative estimate of drug-likeness (QED) is 0.781. The number of pyridine rings is 2. The summed E-state index contributed by atoms with van der Waals surface area (Å²) in [5, 5.41) is 3.88. The van der Waals surface area contributed by atoms with Crippen LogP contribution in [0.1, 0.15) is 27.0 Å². The fourth-order valence-electron chi connectivity index (χ4n) is 2.72. The van der Waals surface area contributed by atoms with Gasteiger partial charge in [-0.1, -0.05) is 12.1 Å². The Morgan fingerprint density at radius 2 is 2.05 bits per heavy atom. The highest BCUT2D eigenvalue weighted by molar-refractivity contribution is 5.98. The molecule has 0 aliphatic carbocycles. The Balaban J connectivity index is 1.68. The third kappa shape index (κ3) is 2.14. The summed E-state index contributed by atoms with van der Waals surface area (Å²) in [5.74, 6) is 0.0210. The molecule has 1 amide bonds. The van der Waals surface area contributed by atoms with E-state index in [1.165, 1.54) is 0 Å². The van der Waals surface area contributed by atoms with Gasteiger partial charge in [-0.25, -0.2) is 0 Å². The lowest BCUT2D eigenvalue weighted by Crippen LogP contribution is -2.12. The average molecular weight is 275 g/mol. The maximum absolute atomic E-state index is 11.7. The van der Waals surface area contributed by atoms with Gasteiger partial charge in [0.1, 0.15) is 0 Å². The monoisotopic (exact) mass is 275 g/mol. The smallest absolute Gasteiger partial charge is 0.251 e. The number of nitrogens with zero attached hydrogens (tertiary/aromatic N) is 2. The van der Waals surface area contributed by atoms with Crippen molar-refractivity contribution in [2.75, 3.05) is 0 Å². The minimum Gasteiger partial charge on any atom is -0.348 e. The summed E-state index contributed by atoms with van der Waals surface area (Å²) in [7, 11) is 0. The molecular weight excluding hydrogens is 262 g/mol. The molecule has 1 aromatic carbocycles. The molecule has 0 saturated carbocycles. The fraction of sp³-hybridized carbons (Fsp3) is 0.118. The Labute approximate surface area is 121 Å². The van der Waals surface area contributed by atoms with Crippen LogP contribution in [-0.4, -0.2) is 15.9 Å². The van der Waals surface area contributed by atoms with E-state index in [9.17, 15) is 4.79 Å². The van der Waals surface area contributed by atoms with E-state index in [1.54, 1.807) is 6.20 Å². The highest BCUT2D eigenvalue weighted by Gasteiger charge is 2.18. The molecule has 0 saturated heterocycles. The number of rotatable bonds is 2. The number of carbonyl (C=O) groups excluding carboxylic acids is 1. The molecule has 0 bridgehead atoms. The van der Waals surface area contributed by atoms with Gasteiger partial charge in [-0.05, 0) is 41.3 Å². The summed E-state index contributed by atoms with van der Waals surface area (Å²) in [6.07, 6.45) is 6.21. The van der Waals surface area contributed by atoms with Gasteiger partial charge in [-0.15, -0.1) is 0 Å². The van der Waals surface area contributed by atoms with Crippen LogP contribution < -0.4 is 5.32 Å². The summed E-state index contributed by atoms with van der Waals surface area (Å²) in [5.41, 5.74) is 5.05. The molecule has 2 aromatic heterocycles. The van der Waals surface area contributed by atoms with Crippen molar-refractivity contribution in [1.82, 2.24) is 15.3 Å². The van der Waals surface area contributed by atoms with E-state index in [2.05, 4.69) is 27.4 Å². The minimum atomic E-state index is 0.0210. The lowest BCUT2D eigenvalue weighted by Gasteiger charge is -2.05. The number of hydrogen-bond acceptors (Lipinski definition) is 3. The zero-order valence-corrected chi connectivity index (χ0v) is 11.3. The molecule has 0 spiro atoms. The van der Waals surface area contributed by atoms with E-state index in [0.717, 1.165) is 39.6 Å². The Kier molecular flexibility index (Phi) is 2.67. The number of benzene rings is 1. The Morgan fingerprint density at radius 1 is 1.10 bits per heavy atom. The number of hydrogen-bond donors (Lipinski definition) is 1. The number of amides is 1. The zero-order valence-electron chi connectivity index (χ0n) is 11.3. The molecular formula is C17H13N3O. The summed E-state index contributed by atoms with van der Waals surface area (Å²) < 4.78 is 0. The first-order valence-corrected chi connectivity index (χ1v) is 6.88. The number of aromatic nitrogens is 2. The maximum atomic E-state index is 11.7.